The molecule has 0 aliphatic heterocycles. The first-order chi connectivity index (χ1) is 5.11. The summed E-state index contributed by atoms with van der Waals surface area (Å²) < 4.78 is 12.6. The van der Waals surface area contributed by atoms with Gasteiger partial charge in [0.2, 0.25) is 0 Å². The van der Waals surface area contributed by atoms with E-state index >= 15 is 0 Å². The Bertz CT molecular complexity index is 303. The standard InChI is InChI=1S/C6H3FINO2/c7-3-1-2-4(6(10)11)9-5(3)8/h1-2H,(H,10,11). The average Bonchev–Trinajstić information content (AvgIpc) is 1.94. The summed E-state index contributed by atoms with van der Waals surface area (Å²) in [4.78, 5) is 13.8. The first-order valence-electron chi connectivity index (χ1n) is 2.66. The number of aromatic nitrogens is 1. The highest BCUT2D eigenvalue weighted by Crippen LogP contribution is 2.07. The lowest BCUT2D eigenvalue weighted by molar-refractivity contribution is 0.0690. The van der Waals surface area contributed by atoms with Gasteiger partial charge in [0.1, 0.15) is 9.39 Å². The number of nitrogens with zero attached hydrogens (tertiary/aromatic N) is 1. The summed E-state index contributed by atoms with van der Waals surface area (Å²) in [5.74, 6) is -1.65. The second-order valence-electron chi connectivity index (χ2n) is 1.77. The maximum atomic E-state index is 12.5. The minimum Gasteiger partial charge on any atom is -0.477 e. The van der Waals surface area contributed by atoms with Gasteiger partial charge in [0.05, 0.1) is 0 Å². The number of rotatable bonds is 1. The van der Waals surface area contributed by atoms with Crippen molar-refractivity contribution in [2.45, 2.75) is 0 Å². The molecule has 1 rings (SSSR count). The molecule has 3 nitrogen and oxygen atoms in total. The van der Waals surface area contributed by atoms with Crippen molar-refractivity contribution in [1.82, 2.24) is 4.98 Å². The minimum absolute atomic E-state index is 0.0718. The summed E-state index contributed by atoms with van der Waals surface area (Å²) in [5, 5.41) is 8.41. The van der Waals surface area contributed by atoms with E-state index in [2.05, 4.69) is 4.98 Å². The molecule has 0 aliphatic rings. The zero-order valence-electron chi connectivity index (χ0n) is 5.21. The van der Waals surface area contributed by atoms with Crippen LogP contribution in [0.25, 0.3) is 0 Å². The fraction of sp³-hybridized carbons (Fsp3) is 0. The van der Waals surface area contributed by atoms with Crippen LogP contribution in [0.4, 0.5) is 4.39 Å². The highest BCUT2D eigenvalue weighted by atomic mass is 127. The largest absolute Gasteiger partial charge is 0.477 e. The molecule has 1 aromatic heterocycles. The van der Waals surface area contributed by atoms with Gasteiger partial charge in [-0.1, -0.05) is 0 Å². The van der Waals surface area contributed by atoms with E-state index in [0.29, 0.717) is 0 Å². The van der Waals surface area contributed by atoms with E-state index in [9.17, 15) is 9.18 Å². The Kier molecular flexibility index (Phi) is 2.38. The van der Waals surface area contributed by atoms with Gasteiger partial charge in [0.25, 0.3) is 0 Å². The number of aromatic carboxylic acids is 1. The molecular weight excluding hydrogens is 264 g/mol. The van der Waals surface area contributed by atoms with Gasteiger partial charge in [-0.05, 0) is 34.7 Å². The van der Waals surface area contributed by atoms with Crippen molar-refractivity contribution in [2.24, 2.45) is 0 Å². The van der Waals surface area contributed by atoms with Crippen LogP contribution < -0.4 is 0 Å². The Morgan fingerprint density at radius 2 is 2.27 bits per heavy atom. The van der Waals surface area contributed by atoms with Gasteiger partial charge in [-0.25, -0.2) is 14.2 Å². The molecule has 0 fully saturated rings. The number of carboxylic acids is 1. The molecule has 0 spiro atoms. The first kappa shape index (κ1) is 8.38. The molecule has 1 aromatic rings. The Balaban J connectivity index is 3.15. The maximum absolute atomic E-state index is 12.5. The molecule has 0 atom stereocenters. The van der Waals surface area contributed by atoms with Crippen LogP contribution in [0.3, 0.4) is 0 Å². The number of hydrogen-bond acceptors (Lipinski definition) is 2. The van der Waals surface area contributed by atoms with Crippen molar-refractivity contribution in [3.05, 3.63) is 27.3 Å². The smallest absolute Gasteiger partial charge is 0.354 e. The van der Waals surface area contributed by atoms with Gasteiger partial charge in [-0.3, -0.25) is 0 Å². The SMILES string of the molecule is O=C(O)c1ccc(F)c(I)n1. The molecular formula is C6H3FINO2. The van der Waals surface area contributed by atoms with E-state index in [1.165, 1.54) is 0 Å². The fourth-order valence-corrected chi connectivity index (χ4v) is 0.976. The van der Waals surface area contributed by atoms with Gasteiger partial charge < -0.3 is 5.11 Å². The predicted molar refractivity (Wildman–Crippen MR) is 43.9 cm³/mol. The highest BCUT2D eigenvalue weighted by Gasteiger charge is 2.06. The third-order valence-electron chi connectivity index (χ3n) is 1.02. The van der Waals surface area contributed by atoms with Crippen LogP contribution in [-0.2, 0) is 0 Å². The molecule has 0 unspecified atom stereocenters. The van der Waals surface area contributed by atoms with Gasteiger partial charge in [0, 0.05) is 0 Å². The third-order valence-corrected chi connectivity index (χ3v) is 1.78. The van der Waals surface area contributed by atoms with Crippen molar-refractivity contribution in [3.8, 4) is 0 Å². The molecule has 0 bridgehead atoms. The molecule has 0 amide bonds. The average molecular weight is 267 g/mol. The second kappa shape index (κ2) is 3.12. The second-order valence-corrected chi connectivity index (χ2v) is 2.80. The summed E-state index contributed by atoms with van der Waals surface area (Å²) in [6.07, 6.45) is 0. The zero-order chi connectivity index (χ0) is 8.43. The van der Waals surface area contributed by atoms with E-state index in [4.69, 9.17) is 5.11 Å². The van der Waals surface area contributed by atoms with E-state index in [1.54, 1.807) is 22.6 Å². The number of pyridine rings is 1. The molecule has 11 heavy (non-hydrogen) atoms. The van der Waals surface area contributed by atoms with E-state index in [1.807, 2.05) is 0 Å². The molecule has 5 heteroatoms. The monoisotopic (exact) mass is 267 g/mol. The molecule has 1 heterocycles. The van der Waals surface area contributed by atoms with Crippen molar-refractivity contribution < 1.29 is 14.3 Å². The maximum Gasteiger partial charge on any atom is 0.354 e. The number of halogens is 2. The van der Waals surface area contributed by atoms with Crippen molar-refractivity contribution >= 4 is 28.6 Å². The summed E-state index contributed by atoms with van der Waals surface area (Å²) >= 11 is 1.63. The van der Waals surface area contributed by atoms with E-state index in [-0.39, 0.29) is 9.39 Å². The third kappa shape index (κ3) is 1.86. The number of hydrogen-bond donors (Lipinski definition) is 1. The molecule has 0 aliphatic carbocycles. The minimum atomic E-state index is -1.15. The Morgan fingerprint density at radius 3 is 2.73 bits per heavy atom. The van der Waals surface area contributed by atoms with Crippen molar-refractivity contribution in [2.75, 3.05) is 0 Å². The Morgan fingerprint density at radius 1 is 1.64 bits per heavy atom. The fourth-order valence-electron chi connectivity index (χ4n) is 0.536. The summed E-state index contributed by atoms with van der Waals surface area (Å²) in [6.45, 7) is 0. The summed E-state index contributed by atoms with van der Waals surface area (Å²) in [5.41, 5.74) is -0.143. The summed E-state index contributed by atoms with van der Waals surface area (Å²) in [6, 6.07) is 2.21. The van der Waals surface area contributed by atoms with Crippen LogP contribution in [0.5, 0.6) is 0 Å². The Hall–Kier alpha value is -0.720. The molecule has 1 N–H and O–H groups in total. The number of carbonyl (C=O) groups is 1. The van der Waals surface area contributed by atoms with Crippen LogP contribution in [-0.4, -0.2) is 16.1 Å². The Labute approximate surface area is 75.4 Å². The number of carboxylic acid groups (broad SMARTS) is 1. The van der Waals surface area contributed by atoms with E-state index in [0.717, 1.165) is 12.1 Å². The van der Waals surface area contributed by atoms with Crippen molar-refractivity contribution in [1.29, 1.82) is 0 Å². The lowest BCUT2D eigenvalue weighted by atomic mass is 10.3. The van der Waals surface area contributed by atoms with Gasteiger partial charge in [-0.2, -0.15) is 0 Å². The van der Waals surface area contributed by atoms with E-state index < -0.39 is 11.8 Å². The zero-order valence-corrected chi connectivity index (χ0v) is 7.37. The van der Waals surface area contributed by atoms with Crippen LogP contribution in [0.15, 0.2) is 12.1 Å². The van der Waals surface area contributed by atoms with Gasteiger partial charge in [-0.15, -0.1) is 0 Å². The van der Waals surface area contributed by atoms with Crippen LogP contribution in [0, 0.1) is 9.52 Å². The topological polar surface area (TPSA) is 50.2 Å². The van der Waals surface area contributed by atoms with Crippen molar-refractivity contribution in [3.63, 3.8) is 0 Å². The van der Waals surface area contributed by atoms with Gasteiger partial charge in [0.15, 0.2) is 5.82 Å². The van der Waals surface area contributed by atoms with Crippen LogP contribution in [0.2, 0.25) is 0 Å². The lowest BCUT2D eigenvalue weighted by Gasteiger charge is -1.94. The molecule has 0 radical (unpaired) electrons. The quantitative estimate of drug-likeness (QED) is 0.620. The highest BCUT2D eigenvalue weighted by molar-refractivity contribution is 14.1. The predicted octanol–water partition coefficient (Wildman–Crippen LogP) is 1.52. The summed E-state index contributed by atoms with van der Waals surface area (Å²) in [7, 11) is 0. The first-order valence-corrected chi connectivity index (χ1v) is 3.74. The van der Waals surface area contributed by atoms with Crippen LogP contribution in [0.1, 0.15) is 10.5 Å². The normalized spacial score (nSPS) is 9.64. The van der Waals surface area contributed by atoms with Gasteiger partial charge >= 0.3 is 5.97 Å². The van der Waals surface area contributed by atoms with Crippen LogP contribution >= 0.6 is 22.6 Å². The molecule has 0 aromatic carbocycles. The lowest BCUT2D eigenvalue weighted by Crippen LogP contribution is -2.02. The molecule has 0 saturated heterocycles. The molecule has 0 saturated carbocycles. The molecule has 58 valence electrons.